The second kappa shape index (κ2) is 4.40. The van der Waals surface area contributed by atoms with Crippen molar-refractivity contribution in [2.75, 3.05) is 0 Å². The van der Waals surface area contributed by atoms with Crippen LogP contribution < -0.4 is 11.1 Å². The van der Waals surface area contributed by atoms with Gasteiger partial charge in [-0.15, -0.1) is 0 Å². The highest BCUT2D eigenvalue weighted by atomic mass is 16.2. The second-order valence-electron chi connectivity index (χ2n) is 4.20. The molecule has 0 saturated heterocycles. The van der Waals surface area contributed by atoms with Crippen molar-refractivity contribution in [2.24, 2.45) is 5.73 Å². The predicted octanol–water partition coefficient (Wildman–Crippen LogP) is 0.996. The summed E-state index contributed by atoms with van der Waals surface area (Å²) in [6.45, 7) is 5.28. The minimum absolute atomic E-state index is 0.0525. The van der Waals surface area contributed by atoms with Gasteiger partial charge in [0.05, 0.1) is 11.6 Å². The van der Waals surface area contributed by atoms with Crippen LogP contribution in [0.1, 0.15) is 32.4 Å². The van der Waals surface area contributed by atoms with Gasteiger partial charge in [0.25, 0.3) is 0 Å². The molecule has 0 radical (unpaired) electrons. The SMILES string of the molecule is C[C@@H](NC(=O)C(C)(C)N)c1ccncc1. The molecule has 0 aliphatic carbocycles. The molecule has 0 aromatic carbocycles. The zero-order valence-electron chi connectivity index (χ0n) is 9.32. The van der Waals surface area contributed by atoms with Gasteiger partial charge in [-0.1, -0.05) is 0 Å². The van der Waals surface area contributed by atoms with Gasteiger partial charge in [0.1, 0.15) is 0 Å². The first kappa shape index (κ1) is 11.7. The lowest BCUT2D eigenvalue weighted by molar-refractivity contribution is -0.125. The van der Waals surface area contributed by atoms with Crippen molar-refractivity contribution in [3.8, 4) is 0 Å². The minimum Gasteiger partial charge on any atom is -0.348 e. The van der Waals surface area contributed by atoms with E-state index in [0.717, 1.165) is 5.56 Å². The van der Waals surface area contributed by atoms with Crippen LogP contribution in [-0.2, 0) is 4.79 Å². The van der Waals surface area contributed by atoms with E-state index in [2.05, 4.69) is 10.3 Å². The number of pyridine rings is 1. The van der Waals surface area contributed by atoms with Gasteiger partial charge in [-0.25, -0.2) is 0 Å². The van der Waals surface area contributed by atoms with E-state index in [1.54, 1.807) is 26.2 Å². The first-order valence-electron chi connectivity index (χ1n) is 4.91. The van der Waals surface area contributed by atoms with Crippen LogP contribution in [0.5, 0.6) is 0 Å². The van der Waals surface area contributed by atoms with Gasteiger partial charge in [-0.2, -0.15) is 0 Å². The Morgan fingerprint density at radius 1 is 1.47 bits per heavy atom. The number of rotatable bonds is 3. The van der Waals surface area contributed by atoms with Crippen molar-refractivity contribution >= 4 is 5.91 Å². The Kier molecular flexibility index (Phi) is 3.42. The van der Waals surface area contributed by atoms with Crippen LogP contribution in [0.2, 0.25) is 0 Å². The number of aromatic nitrogens is 1. The zero-order valence-corrected chi connectivity index (χ0v) is 9.32. The van der Waals surface area contributed by atoms with E-state index in [1.165, 1.54) is 0 Å². The molecule has 0 saturated carbocycles. The zero-order chi connectivity index (χ0) is 11.5. The van der Waals surface area contributed by atoms with Crippen LogP contribution >= 0.6 is 0 Å². The summed E-state index contributed by atoms with van der Waals surface area (Å²) in [6, 6.07) is 3.69. The maximum Gasteiger partial charge on any atom is 0.239 e. The number of hydrogen-bond donors (Lipinski definition) is 2. The highest BCUT2D eigenvalue weighted by Crippen LogP contribution is 2.11. The van der Waals surface area contributed by atoms with Crippen molar-refractivity contribution in [2.45, 2.75) is 32.4 Å². The molecule has 0 unspecified atom stereocenters. The van der Waals surface area contributed by atoms with E-state index in [0.29, 0.717) is 0 Å². The van der Waals surface area contributed by atoms with E-state index < -0.39 is 5.54 Å². The molecule has 0 bridgehead atoms. The molecule has 0 fully saturated rings. The molecule has 15 heavy (non-hydrogen) atoms. The summed E-state index contributed by atoms with van der Waals surface area (Å²) in [5.74, 6) is -0.160. The Bertz CT molecular complexity index is 329. The molecule has 1 aromatic rings. The molecular weight excluding hydrogens is 190 g/mol. The van der Waals surface area contributed by atoms with Crippen molar-refractivity contribution in [3.05, 3.63) is 30.1 Å². The lowest BCUT2D eigenvalue weighted by Crippen LogP contribution is -2.49. The number of hydrogen-bond acceptors (Lipinski definition) is 3. The average molecular weight is 207 g/mol. The smallest absolute Gasteiger partial charge is 0.239 e. The monoisotopic (exact) mass is 207 g/mol. The van der Waals surface area contributed by atoms with E-state index in [1.807, 2.05) is 19.1 Å². The van der Waals surface area contributed by atoms with Gasteiger partial charge in [0, 0.05) is 12.4 Å². The van der Waals surface area contributed by atoms with E-state index in [-0.39, 0.29) is 11.9 Å². The predicted molar refractivity (Wildman–Crippen MR) is 59.1 cm³/mol. The standard InChI is InChI=1S/C11H17N3O/c1-8(9-4-6-13-7-5-9)14-10(15)11(2,3)12/h4-8H,12H2,1-3H3,(H,14,15)/t8-/m1/s1. The molecule has 0 aliphatic heterocycles. The largest absolute Gasteiger partial charge is 0.348 e. The molecule has 0 spiro atoms. The third kappa shape index (κ3) is 3.32. The summed E-state index contributed by atoms with van der Waals surface area (Å²) in [4.78, 5) is 15.5. The van der Waals surface area contributed by atoms with Crippen LogP contribution in [0.3, 0.4) is 0 Å². The van der Waals surface area contributed by atoms with Crippen LogP contribution in [-0.4, -0.2) is 16.4 Å². The molecule has 82 valence electrons. The van der Waals surface area contributed by atoms with Crippen molar-refractivity contribution in [3.63, 3.8) is 0 Å². The average Bonchev–Trinajstić information content (AvgIpc) is 2.17. The van der Waals surface area contributed by atoms with Gasteiger partial charge in [0.15, 0.2) is 0 Å². The number of amides is 1. The summed E-state index contributed by atoms with van der Waals surface area (Å²) in [7, 11) is 0. The summed E-state index contributed by atoms with van der Waals surface area (Å²) in [6.07, 6.45) is 3.40. The minimum atomic E-state index is -0.846. The van der Waals surface area contributed by atoms with Gasteiger partial charge in [-0.3, -0.25) is 9.78 Å². The van der Waals surface area contributed by atoms with E-state index in [9.17, 15) is 4.79 Å². The number of nitrogens with zero attached hydrogens (tertiary/aromatic N) is 1. The second-order valence-corrected chi connectivity index (χ2v) is 4.20. The summed E-state index contributed by atoms with van der Waals surface area (Å²) in [5, 5.41) is 2.84. The summed E-state index contributed by atoms with van der Waals surface area (Å²) in [5.41, 5.74) is 5.85. The fourth-order valence-electron chi connectivity index (χ4n) is 1.12. The molecule has 1 rings (SSSR count). The van der Waals surface area contributed by atoms with Gasteiger partial charge < -0.3 is 11.1 Å². The van der Waals surface area contributed by atoms with Crippen LogP contribution in [0.4, 0.5) is 0 Å². The fraction of sp³-hybridized carbons (Fsp3) is 0.455. The number of nitrogens with one attached hydrogen (secondary N) is 1. The molecule has 1 aromatic heterocycles. The lowest BCUT2D eigenvalue weighted by Gasteiger charge is -2.21. The van der Waals surface area contributed by atoms with Gasteiger partial charge in [0.2, 0.25) is 5.91 Å². The Balaban J connectivity index is 2.65. The maximum absolute atomic E-state index is 11.6. The van der Waals surface area contributed by atoms with Gasteiger partial charge in [-0.05, 0) is 38.5 Å². The Morgan fingerprint density at radius 2 is 2.00 bits per heavy atom. The molecule has 0 aliphatic rings. The lowest BCUT2D eigenvalue weighted by atomic mass is 10.0. The molecule has 3 N–H and O–H groups in total. The number of carbonyl (C=O) groups is 1. The molecule has 4 heteroatoms. The number of carbonyl (C=O) groups excluding carboxylic acids is 1. The topological polar surface area (TPSA) is 68.0 Å². The normalized spacial score (nSPS) is 13.3. The Hall–Kier alpha value is -1.42. The quantitative estimate of drug-likeness (QED) is 0.776. The Labute approximate surface area is 89.9 Å². The molecule has 1 heterocycles. The van der Waals surface area contributed by atoms with Crippen molar-refractivity contribution in [1.29, 1.82) is 0 Å². The van der Waals surface area contributed by atoms with Crippen LogP contribution in [0, 0.1) is 0 Å². The van der Waals surface area contributed by atoms with Crippen molar-refractivity contribution < 1.29 is 4.79 Å². The molecule has 1 amide bonds. The summed E-state index contributed by atoms with van der Waals surface area (Å²) < 4.78 is 0. The third-order valence-electron chi connectivity index (χ3n) is 2.14. The third-order valence-corrected chi connectivity index (χ3v) is 2.14. The van der Waals surface area contributed by atoms with Crippen LogP contribution in [0.15, 0.2) is 24.5 Å². The highest BCUT2D eigenvalue weighted by Gasteiger charge is 2.23. The van der Waals surface area contributed by atoms with Gasteiger partial charge >= 0.3 is 0 Å². The van der Waals surface area contributed by atoms with E-state index in [4.69, 9.17) is 5.73 Å². The Morgan fingerprint density at radius 3 is 2.47 bits per heavy atom. The van der Waals surface area contributed by atoms with Crippen LogP contribution in [0.25, 0.3) is 0 Å². The first-order chi connectivity index (χ1) is 6.91. The molecule has 4 nitrogen and oxygen atoms in total. The summed E-state index contributed by atoms with van der Waals surface area (Å²) >= 11 is 0. The van der Waals surface area contributed by atoms with E-state index >= 15 is 0 Å². The molecular formula is C11H17N3O. The molecule has 1 atom stereocenters. The first-order valence-corrected chi connectivity index (χ1v) is 4.91. The maximum atomic E-state index is 11.6. The number of nitrogens with two attached hydrogens (primary N) is 1. The highest BCUT2D eigenvalue weighted by molar-refractivity contribution is 5.85. The fourth-order valence-corrected chi connectivity index (χ4v) is 1.12. The van der Waals surface area contributed by atoms with Crippen molar-refractivity contribution in [1.82, 2.24) is 10.3 Å².